The third-order valence-electron chi connectivity index (χ3n) is 2.68. The first kappa shape index (κ1) is 9.31. The number of anilines is 1. The van der Waals surface area contributed by atoms with Crippen LogP contribution < -0.4 is 9.64 Å². The van der Waals surface area contributed by atoms with Crippen LogP contribution in [0.5, 0.6) is 5.75 Å². The number of hydrogen-bond donors (Lipinski definition) is 0. The molecule has 1 aromatic rings. The van der Waals surface area contributed by atoms with E-state index in [9.17, 15) is 0 Å². The molecule has 2 rings (SSSR count). The smallest absolute Gasteiger partial charge is 0.145 e. The van der Waals surface area contributed by atoms with Crippen LogP contribution in [0, 0.1) is 0 Å². The van der Waals surface area contributed by atoms with Gasteiger partial charge in [-0.05, 0) is 19.3 Å². The maximum absolute atomic E-state index is 5.32. The van der Waals surface area contributed by atoms with E-state index in [0.29, 0.717) is 0 Å². The summed E-state index contributed by atoms with van der Waals surface area (Å²) >= 11 is 0. The predicted octanol–water partition coefficient (Wildman–Crippen LogP) is 2.08. The van der Waals surface area contributed by atoms with Gasteiger partial charge in [0.1, 0.15) is 5.75 Å². The van der Waals surface area contributed by atoms with Crippen LogP contribution in [0.25, 0.3) is 0 Å². The van der Waals surface area contributed by atoms with Crippen molar-refractivity contribution in [2.45, 2.75) is 19.3 Å². The van der Waals surface area contributed by atoms with E-state index in [2.05, 4.69) is 9.88 Å². The van der Waals surface area contributed by atoms with E-state index < -0.39 is 0 Å². The molecule has 76 valence electrons. The average Bonchev–Trinajstić information content (AvgIpc) is 2.30. The van der Waals surface area contributed by atoms with Crippen LogP contribution in [0.3, 0.4) is 0 Å². The van der Waals surface area contributed by atoms with Gasteiger partial charge in [-0.3, -0.25) is 4.98 Å². The molecule has 0 unspecified atom stereocenters. The fourth-order valence-electron chi connectivity index (χ4n) is 1.92. The molecule has 0 spiro atoms. The lowest BCUT2D eigenvalue weighted by Crippen LogP contribution is -2.29. The summed E-state index contributed by atoms with van der Waals surface area (Å²) in [5.41, 5.74) is 1.13. The monoisotopic (exact) mass is 192 g/mol. The number of piperidine rings is 1. The Hall–Kier alpha value is -1.25. The highest BCUT2D eigenvalue weighted by Gasteiger charge is 2.14. The molecule has 0 bridgehead atoms. The number of pyridine rings is 1. The SMILES string of the molecule is COc1ccncc1N1CCCCC1. The van der Waals surface area contributed by atoms with Crippen LogP contribution in [0.15, 0.2) is 18.5 Å². The van der Waals surface area contributed by atoms with Crippen molar-refractivity contribution in [1.82, 2.24) is 4.98 Å². The van der Waals surface area contributed by atoms with E-state index in [-0.39, 0.29) is 0 Å². The van der Waals surface area contributed by atoms with Crippen molar-refractivity contribution >= 4 is 5.69 Å². The van der Waals surface area contributed by atoms with Gasteiger partial charge in [0.15, 0.2) is 0 Å². The van der Waals surface area contributed by atoms with E-state index in [4.69, 9.17) is 4.74 Å². The predicted molar refractivity (Wildman–Crippen MR) is 56.9 cm³/mol. The Morgan fingerprint density at radius 1 is 1.29 bits per heavy atom. The minimum absolute atomic E-state index is 0.932. The number of methoxy groups -OCH3 is 1. The van der Waals surface area contributed by atoms with Crippen LogP contribution in [0.4, 0.5) is 5.69 Å². The van der Waals surface area contributed by atoms with Gasteiger partial charge in [-0.1, -0.05) is 0 Å². The summed E-state index contributed by atoms with van der Waals surface area (Å²) in [6.45, 7) is 2.25. The van der Waals surface area contributed by atoms with Crippen LogP contribution in [-0.2, 0) is 0 Å². The first-order valence-corrected chi connectivity index (χ1v) is 5.15. The van der Waals surface area contributed by atoms with Crippen LogP contribution in [0.1, 0.15) is 19.3 Å². The molecule has 0 atom stereocenters. The lowest BCUT2D eigenvalue weighted by Gasteiger charge is -2.29. The Morgan fingerprint density at radius 2 is 2.07 bits per heavy atom. The first-order valence-electron chi connectivity index (χ1n) is 5.15. The molecule has 0 aromatic carbocycles. The molecule has 0 saturated carbocycles. The summed E-state index contributed by atoms with van der Waals surface area (Å²) in [5, 5.41) is 0. The number of hydrogen-bond acceptors (Lipinski definition) is 3. The van der Waals surface area contributed by atoms with Gasteiger partial charge in [0, 0.05) is 25.4 Å². The maximum atomic E-state index is 5.32. The second-order valence-corrected chi connectivity index (χ2v) is 3.60. The maximum Gasteiger partial charge on any atom is 0.145 e. The van der Waals surface area contributed by atoms with Crippen molar-refractivity contribution in [3.05, 3.63) is 18.5 Å². The minimum Gasteiger partial charge on any atom is -0.494 e. The molecule has 1 fully saturated rings. The average molecular weight is 192 g/mol. The third kappa shape index (κ3) is 1.81. The zero-order chi connectivity index (χ0) is 9.80. The highest BCUT2D eigenvalue weighted by molar-refractivity contribution is 5.56. The molecule has 14 heavy (non-hydrogen) atoms. The molecule has 3 nitrogen and oxygen atoms in total. The molecule has 2 heterocycles. The van der Waals surface area contributed by atoms with Crippen LogP contribution in [-0.4, -0.2) is 25.2 Å². The summed E-state index contributed by atoms with van der Waals surface area (Å²) in [4.78, 5) is 6.50. The van der Waals surface area contributed by atoms with Crippen LogP contribution >= 0.6 is 0 Å². The number of ether oxygens (including phenoxy) is 1. The minimum atomic E-state index is 0.932. The summed E-state index contributed by atoms with van der Waals surface area (Å²) in [6, 6.07) is 1.92. The van der Waals surface area contributed by atoms with E-state index in [1.165, 1.54) is 19.3 Å². The molecule has 0 amide bonds. The second kappa shape index (κ2) is 4.31. The van der Waals surface area contributed by atoms with Gasteiger partial charge in [-0.15, -0.1) is 0 Å². The van der Waals surface area contributed by atoms with Gasteiger partial charge in [0.2, 0.25) is 0 Å². The Bertz CT molecular complexity index is 295. The van der Waals surface area contributed by atoms with Gasteiger partial charge < -0.3 is 9.64 Å². The zero-order valence-corrected chi connectivity index (χ0v) is 8.57. The lowest BCUT2D eigenvalue weighted by atomic mass is 10.1. The largest absolute Gasteiger partial charge is 0.494 e. The topological polar surface area (TPSA) is 25.4 Å². The van der Waals surface area contributed by atoms with Crippen molar-refractivity contribution < 1.29 is 4.74 Å². The highest BCUT2D eigenvalue weighted by Crippen LogP contribution is 2.28. The normalized spacial score (nSPS) is 16.8. The summed E-state index contributed by atoms with van der Waals surface area (Å²) in [7, 11) is 1.71. The summed E-state index contributed by atoms with van der Waals surface area (Å²) < 4.78 is 5.32. The fourth-order valence-corrected chi connectivity index (χ4v) is 1.92. The summed E-state index contributed by atoms with van der Waals surface area (Å²) in [5.74, 6) is 0.932. The number of aromatic nitrogens is 1. The molecule has 1 saturated heterocycles. The van der Waals surface area contributed by atoms with Crippen LogP contribution in [0.2, 0.25) is 0 Å². The van der Waals surface area contributed by atoms with E-state index in [1.807, 2.05) is 12.3 Å². The van der Waals surface area contributed by atoms with E-state index >= 15 is 0 Å². The number of rotatable bonds is 2. The van der Waals surface area contributed by atoms with Gasteiger partial charge >= 0.3 is 0 Å². The van der Waals surface area contributed by atoms with Crippen molar-refractivity contribution in [3.63, 3.8) is 0 Å². The molecule has 0 N–H and O–H groups in total. The lowest BCUT2D eigenvalue weighted by molar-refractivity contribution is 0.412. The van der Waals surface area contributed by atoms with Crippen molar-refractivity contribution in [3.8, 4) is 5.75 Å². The Kier molecular flexibility index (Phi) is 2.87. The van der Waals surface area contributed by atoms with Crippen molar-refractivity contribution in [2.24, 2.45) is 0 Å². The van der Waals surface area contributed by atoms with Crippen molar-refractivity contribution in [1.29, 1.82) is 0 Å². The van der Waals surface area contributed by atoms with Gasteiger partial charge in [-0.25, -0.2) is 0 Å². The van der Waals surface area contributed by atoms with Gasteiger partial charge in [0.25, 0.3) is 0 Å². The molecule has 1 aliphatic rings. The van der Waals surface area contributed by atoms with Crippen molar-refractivity contribution in [2.75, 3.05) is 25.1 Å². The second-order valence-electron chi connectivity index (χ2n) is 3.60. The molecular formula is C11H16N2O. The van der Waals surface area contributed by atoms with E-state index in [1.54, 1.807) is 13.3 Å². The Balaban J connectivity index is 2.20. The quantitative estimate of drug-likeness (QED) is 0.717. The standard InChI is InChI=1S/C11H16N2O/c1-14-11-5-6-12-9-10(11)13-7-3-2-4-8-13/h5-6,9H,2-4,7-8H2,1H3. The molecule has 0 radical (unpaired) electrons. The Labute approximate surface area is 84.7 Å². The third-order valence-corrected chi connectivity index (χ3v) is 2.68. The zero-order valence-electron chi connectivity index (χ0n) is 8.57. The van der Waals surface area contributed by atoms with Gasteiger partial charge in [0.05, 0.1) is 19.0 Å². The summed E-state index contributed by atoms with van der Waals surface area (Å²) in [6.07, 6.45) is 7.56. The van der Waals surface area contributed by atoms with E-state index in [0.717, 1.165) is 24.5 Å². The molecule has 3 heteroatoms. The highest BCUT2D eigenvalue weighted by atomic mass is 16.5. The number of nitrogens with zero attached hydrogens (tertiary/aromatic N) is 2. The Morgan fingerprint density at radius 3 is 2.79 bits per heavy atom. The molecule has 1 aromatic heterocycles. The van der Waals surface area contributed by atoms with Gasteiger partial charge in [-0.2, -0.15) is 0 Å². The molecule has 0 aliphatic carbocycles. The molecule has 1 aliphatic heterocycles. The molecular weight excluding hydrogens is 176 g/mol. The first-order chi connectivity index (χ1) is 6.92. The fraction of sp³-hybridized carbons (Fsp3) is 0.545.